The summed E-state index contributed by atoms with van der Waals surface area (Å²) >= 11 is 5.82. The molecule has 1 aromatic carbocycles. The van der Waals surface area contributed by atoms with E-state index in [1.165, 1.54) is 18.3 Å². The number of anilines is 1. The maximum Gasteiger partial charge on any atom is 0.268 e. The second kappa shape index (κ2) is 6.10. The first-order valence-corrected chi connectivity index (χ1v) is 7.93. The molecule has 0 radical (unpaired) electrons. The predicted octanol–water partition coefficient (Wildman–Crippen LogP) is 3.06. The van der Waals surface area contributed by atoms with E-state index in [1.807, 2.05) is 6.08 Å². The Balaban J connectivity index is 1.73. The molecule has 0 spiro atoms. The molecule has 3 aromatic rings. The Labute approximate surface area is 147 Å². The summed E-state index contributed by atoms with van der Waals surface area (Å²) in [5.74, 6) is -0.0590. The molecular weight excluding hydrogens is 345 g/mol. The van der Waals surface area contributed by atoms with Crippen LogP contribution in [-0.4, -0.2) is 22.4 Å². The summed E-state index contributed by atoms with van der Waals surface area (Å²) in [6.45, 7) is 0.343. The van der Waals surface area contributed by atoms with E-state index in [4.69, 9.17) is 11.6 Å². The number of hydrogen-bond acceptors (Lipinski definition) is 4. The number of hydrazine groups is 1. The molecule has 4 N–H and O–H groups in total. The Bertz CT molecular complexity index is 996. The summed E-state index contributed by atoms with van der Waals surface area (Å²) in [5, 5.41) is 3.92. The minimum Gasteiger partial charge on any atom is -0.350 e. The third-order valence-electron chi connectivity index (χ3n) is 3.88. The Morgan fingerprint density at radius 1 is 1.20 bits per heavy atom. The number of H-pyrrole nitrogens is 1. The highest BCUT2D eigenvalue weighted by Crippen LogP contribution is 2.29. The third-order valence-corrected chi connectivity index (χ3v) is 4.10. The summed E-state index contributed by atoms with van der Waals surface area (Å²) < 4.78 is 13.7. The highest BCUT2D eigenvalue weighted by molar-refractivity contribution is 6.30. The molecule has 0 bridgehead atoms. The van der Waals surface area contributed by atoms with Crippen LogP contribution in [0.15, 0.2) is 42.6 Å². The monoisotopic (exact) mass is 357 g/mol. The van der Waals surface area contributed by atoms with Gasteiger partial charge in [-0.3, -0.25) is 15.6 Å². The molecule has 0 saturated carbocycles. The van der Waals surface area contributed by atoms with E-state index in [0.29, 0.717) is 45.2 Å². The van der Waals surface area contributed by atoms with Gasteiger partial charge in [-0.1, -0.05) is 11.6 Å². The van der Waals surface area contributed by atoms with Crippen LogP contribution in [0, 0.1) is 5.82 Å². The number of nitrogens with zero attached hydrogens (tertiary/aromatic N) is 1. The number of amides is 1. The summed E-state index contributed by atoms with van der Waals surface area (Å²) in [6.07, 6.45) is 3.33. The van der Waals surface area contributed by atoms with E-state index >= 15 is 0 Å². The molecule has 1 amide bonds. The van der Waals surface area contributed by atoms with Crippen molar-refractivity contribution >= 4 is 39.9 Å². The van der Waals surface area contributed by atoms with Gasteiger partial charge < -0.3 is 10.3 Å². The van der Waals surface area contributed by atoms with Crippen LogP contribution in [0.5, 0.6) is 0 Å². The zero-order valence-electron chi connectivity index (χ0n) is 12.9. The van der Waals surface area contributed by atoms with Crippen LogP contribution < -0.4 is 16.2 Å². The van der Waals surface area contributed by atoms with E-state index in [0.717, 1.165) is 0 Å². The lowest BCUT2D eigenvalue weighted by Gasteiger charge is -2.12. The van der Waals surface area contributed by atoms with E-state index in [-0.39, 0.29) is 11.7 Å². The van der Waals surface area contributed by atoms with Crippen molar-refractivity contribution in [1.82, 2.24) is 20.7 Å². The van der Waals surface area contributed by atoms with Crippen LogP contribution in [-0.2, 0) is 0 Å². The van der Waals surface area contributed by atoms with E-state index in [2.05, 4.69) is 26.1 Å². The highest BCUT2D eigenvalue weighted by Gasteiger charge is 2.23. The topological polar surface area (TPSA) is 81.8 Å². The third kappa shape index (κ3) is 2.89. The van der Waals surface area contributed by atoms with Crippen LogP contribution in [0.4, 0.5) is 10.2 Å². The number of fused-ring (bicyclic) bond motifs is 3. The van der Waals surface area contributed by atoms with Crippen LogP contribution in [0.25, 0.3) is 16.6 Å². The lowest BCUT2D eigenvalue weighted by molar-refractivity contribution is 0.0954. The fraction of sp³-hybridized carbons (Fsp3) is 0.0588. The van der Waals surface area contributed by atoms with Crippen molar-refractivity contribution in [3.05, 3.63) is 64.7 Å². The van der Waals surface area contributed by atoms with Gasteiger partial charge in [0.25, 0.3) is 5.91 Å². The number of aromatic amines is 1. The number of nitrogens with one attached hydrogen (secondary N) is 4. The van der Waals surface area contributed by atoms with Gasteiger partial charge in [0, 0.05) is 29.2 Å². The van der Waals surface area contributed by atoms with Gasteiger partial charge in [-0.05, 0) is 36.4 Å². The van der Waals surface area contributed by atoms with Crippen molar-refractivity contribution < 1.29 is 9.18 Å². The molecular formula is C17H13ClFN5O. The maximum absolute atomic E-state index is 13.7. The first kappa shape index (κ1) is 15.5. The zero-order valence-corrected chi connectivity index (χ0v) is 13.6. The number of aromatic nitrogens is 2. The molecule has 3 heterocycles. The fourth-order valence-electron chi connectivity index (χ4n) is 2.75. The molecule has 0 atom stereocenters. The van der Waals surface area contributed by atoms with Crippen molar-refractivity contribution in [2.75, 3.05) is 12.0 Å². The molecule has 126 valence electrons. The molecule has 1 aliphatic heterocycles. The smallest absolute Gasteiger partial charge is 0.268 e. The summed E-state index contributed by atoms with van der Waals surface area (Å²) in [4.78, 5) is 19.5. The van der Waals surface area contributed by atoms with Crippen LogP contribution in [0.1, 0.15) is 16.1 Å². The SMILES string of the molecule is O=C1NCC=C(NNc2ccc(Cl)cn2)c2c1[nH]c1ccc(F)cc21. The zero-order chi connectivity index (χ0) is 17.4. The Morgan fingerprint density at radius 3 is 2.88 bits per heavy atom. The maximum atomic E-state index is 13.7. The Kier molecular flexibility index (Phi) is 3.77. The molecule has 0 aliphatic carbocycles. The molecule has 6 nitrogen and oxygen atoms in total. The summed E-state index contributed by atoms with van der Waals surface area (Å²) in [5.41, 5.74) is 8.30. The molecule has 0 unspecified atom stereocenters. The van der Waals surface area contributed by atoms with Gasteiger partial charge in [-0.25, -0.2) is 9.37 Å². The minimum atomic E-state index is -0.370. The fourth-order valence-corrected chi connectivity index (χ4v) is 2.86. The van der Waals surface area contributed by atoms with Crippen LogP contribution in [0.2, 0.25) is 5.02 Å². The molecule has 0 fully saturated rings. The second-order valence-corrected chi connectivity index (χ2v) is 5.94. The lowest BCUT2D eigenvalue weighted by Crippen LogP contribution is -2.22. The van der Waals surface area contributed by atoms with Gasteiger partial charge in [0.05, 0.1) is 10.7 Å². The molecule has 25 heavy (non-hydrogen) atoms. The van der Waals surface area contributed by atoms with Gasteiger partial charge >= 0.3 is 0 Å². The first-order chi connectivity index (χ1) is 12.1. The second-order valence-electron chi connectivity index (χ2n) is 5.50. The quantitative estimate of drug-likeness (QED) is 0.543. The number of hydrogen-bond donors (Lipinski definition) is 4. The average Bonchev–Trinajstić information content (AvgIpc) is 2.90. The molecule has 4 rings (SSSR count). The number of carbonyl (C=O) groups excluding carboxylic acids is 1. The van der Waals surface area contributed by atoms with E-state index in [9.17, 15) is 9.18 Å². The lowest BCUT2D eigenvalue weighted by atomic mass is 10.1. The molecule has 1 aliphatic rings. The Morgan fingerprint density at radius 2 is 2.08 bits per heavy atom. The van der Waals surface area contributed by atoms with Gasteiger partial charge in [-0.2, -0.15) is 0 Å². The number of benzene rings is 1. The van der Waals surface area contributed by atoms with Gasteiger partial charge in [0.2, 0.25) is 0 Å². The number of rotatable bonds is 3. The van der Waals surface area contributed by atoms with Crippen molar-refractivity contribution in [2.45, 2.75) is 0 Å². The first-order valence-electron chi connectivity index (χ1n) is 7.55. The van der Waals surface area contributed by atoms with Crippen molar-refractivity contribution in [3.63, 3.8) is 0 Å². The van der Waals surface area contributed by atoms with E-state index in [1.54, 1.807) is 18.2 Å². The minimum absolute atomic E-state index is 0.246. The van der Waals surface area contributed by atoms with Gasteiger partial charge in [0.1, 0.15) is 17.3 Å². The largest absolute Gasteiger partial charge is 0.350 e. The molecule has 0 saturated heterocycles. The predicted molar refractivity (Wildman–Crippen MR) is 94.6 cm³/mol. The molecule has 2 aromatic heterocycles. The standard InChI is InChI=1S/C17H13ClFN5O/c18-9-1-4-14(21-8-9)24-23-13-5-6-20-17(25)16-15(13)11-7-10(19)2-3-12(11)22-16/h1-5,7-8,22-23H,6H2,(H,20,25)(H,21,24). The number of halogens is 2. The van der Waals surface area contributed by atoms with Crippen molar-refractivity contribution in [1.29, 1.82) is 0 Å². The van der Waals surface area contributed by atoms with Crippen molar-refractivity contribution in [2.24, 2.45) is 0 Å². The van der Waals surface area contributed by atoms with Crippen molar-refractivity contribution in [3.8, 4) is 0 Å². The number of carbonyl (C=O) groups is 1. The van der Waals surface area contributed by atoms with Crippen LogP contribution in [0.3, 0.4) is 0 Å². The number of pyridine rings is 1. The average molecular weight is 358 g/mol. The molecule has 8 heteroatoms. The van der Waals surface area contributed by atoms with Crippen LogP contribution >= 0.6 is 11.6 Å². The van der Waals surface area contributed by atoms with Gasteiger partial charge in [0.15, 0.2) is 0 Å². The summed E-state index contributed by atoms with van der Waals surface area (Å²) in [6, 6.07) is 7.78. The van der Waals surface area contributed by atoms with E-state index < -0.39 is 0 Å². The normalized spacial score (nSPS) is 13.7. The Hall–Kier alpha value is -3.06. The van der Waals surface area contributed by atoms with Gasteiger partial charge in [-0.15, -0.1) is 0 Å². The summed E-state index contributed by atoms with van der Waals surface area (Å²) in [7, 11) is 0. The highest BCUT2D eigenvalue weighted by atomic mass is 35.5.